The summed E-state index contributed by atoms with van der Waals surface area (Å²) in [4.78, 5) is 16.0. The number of para-hydroxylation sites is 1. The van der Waals surface area contributed by atoms with Crippen LogP contribution in [0.5, 0.6) is 0 Å². The number of nitriles is 1. The van der Waals surface area contributed by atoms with Crippen molar-refractivity contribution < 1.29 is 4.79 Å². The lowest BCUT2D eigenvalue weighted by Gasteiger charge is -2.20. The van der Waals surface area contributed by atoms with Crippen LogP contribution in [0.4, 0.5) is 5.69 Å². The standard InChI is InChI=1S/C18H19N3O/c1-3-10-20(11-4-2)18(22)16(13-19)14-21-12-9-15-7-5-6-8-17(15)21/h3-8,14H,1-2,9-12H2/b16-14-. The van der Waals surface area contributed by atoms with Crippen LogP contribution in [0.15, 0.2) is 61.3 Å². The Morgan fingerprint density at radius 3 is 2.64 bits per heavy atom. The molecule has 0 unspecified atom stereocenters. The number of carbonyl (C=O) groups is 1. The Bertz CT molecular complexity index is 645. The van der Waals surface area contributed by atoms with E-state index < -0.39 is 0 Å². The number of benzene rings is 1. The summed E-state index contributed by atoms with van der Waals surface area (Å²) >= 11 is 0. The fourth-order valence-electron chi connectivity index (χ4n) is 2.51. The third kappa shape index (κ3) is 3.26. The molecule has 112 valence electrons. The first-order chi connectivity index (χ1) is 10.7. The van der Waals surface area contributed by atoms with Gasteiger partial charge < -0.3 is 9.80 Å². The molecular formula is C18H19N3O. The van der Waals surface area contributed by atoms with E-state index in [2.05, 4.69) is 19.2 Å². The highest BCUT2D eigenvalue weighted by molar-refractivity contribution is 5.98. The zero-order valence-electron chi connectivity index (χ0n) is 12.5. The second-order valence-corrected chi connectivity index (χ2v) is 5.01. The van der Waals surface area contributed by atoms with Crippen LogP contribution in [0.3, 0.4) is 0 Å². The van der Waals surface area contributed by atoms with E-state index in [-0.39, 0.29) is 11.5 Å². The molecule has 1 amide bonds. The van der Waals surface area contributed by atoms with Gasteiger partial charge in [0.05, 0.1) is 0 Å². The van der Waals surface area contributed by atoms with Gasteiger partial charge in [0.1, 0.15) is 11.6 Å². The maximum Gasteiger partial charge on any atom is 0.266 e. The van der Waals surface area contributed by atoms with Gasteiger partial charge in [-0.3, -0.25) is 4.79 Å². The number of rotatable bonds is 6. The van der Waals surface area contributed by atoms with E-state index in [1.165, 1.54) is 10.5 Å². The van der Waals surface area contributed by atoms with Crippen LogP contribution < -0.4 is 4.90 Å². The van der Waals surface area contributed by atoms with Crippen LogP contribution in [-0.4, -0.2) is 30.4 Å². The van der Waals surface area contributed by atoms with E-state index in [9.17, 15) is 10.1 Å². The van der Waals surface area contributed by atoms with Crippen LogP contribution in [0.1, 0.15) is 5.56 Å². The lowest BCUT2D eigenvalue weighted by Crippen LogP contribution is -2.33. The molecule has 1 aliphatic rings. The third-order valence-electron chi connectivity index (χ3n) is 3.55. The Labute approximate surface area is 131 Å². The predicted octanol–water partition coefficient (Wildman–Crippen LogP) is 2.66. The molecule has 2 rings (SSSR count). The molecule has 0 saturated heterocycles. The maximum absolute atomic E-state index is 12.5. The summed E-state index contributed by atoms with van der Waals surface area (Å²) in [6, 6.07) is 10.0. The first-order valence-electron chi connectivity index (χ1n) is 7.18. The average Bonchev–Trinajstić information content (AvgIpc) is 2.95. The van der Waals surface area contributed by atoms with Crippen LogP contribution in [0.25, 0.3) is 0 Å². The van der Waals surface area contributed by atoms with Crippen molar-refractivity contribution in [3.63, 3.8) is 0 Å². The van der Waals surface area contributed by atoms with Gasteiger partial charge in [0, 0.05) is 31.5 Å². The van der Waals surface area contributed by atoms with E-state index in [4.69, 9.17) is 0 Å². The van der Waals surface area contributed by atoms with Crippen molar-refractivity contribution in [1.82, 2.24) is 4.90 Å². The van der Waals surface area contributed by atoms with E-state index in [1.54, 1.807) is 18.4 Å². The number of carbonyl (C=O) groups excluding carboxylic acids is 1. The first-order valence-corrected chi connectivity index (χ1v) is 7.18. The number of amides is 1. The second kappa shape index (κ2) is 7.28. The summed E-state index contributed by atoms with van der Waals surface area (Å²) in [6.45, 7) is 8.84. The van der Waals surface area contributed by atoms with Gasteiger partial charge in [-0.15, -0.1) is 13.2 Å². The van der Waals surface area contributed by atoms with Gasteiger partial charge in [-0.2, -0.15) is 5.26 Å². The minimum Gasteiger partial charge on any atom is -0.346 e. The van der Waals surface area contributed by atoms with Gasteiger partial charge >= 0.3 is 0 Å². The summed E-state index contributed by atoms with van der Waals surface area (Å²) in [6.07, 6.45) is 5.85. The number of anilines is 1. The Hall–Kier alpha value is -2.80. The topological polar surface area (TPSA) is 47.3 Å². The lowest BCUT2D eigenvalue weighted by atomic mass is 10.2. The van der Waals surface area contributed by atoms with Gasteiger partial charge in [-0.1, -0.05) is 30.4 Å². The van der Waals surface area contributed by atoms with Gasteiger partial charge in [0.15, 0.2) is 0 Å². The minimum atomic E-state index is -0.299. The van der Waals surface area contributed by atoms with Crippen molar-refractivity contribution in [3.8, 4) is 6.07 Å². The fourth-order valence-corrected chi connectivity index (χ4v) is 2.51. The number of fused-ring (bicyclic) bond motifs is 1. The van der Waals surface area contributed by atoms with E-state index >= 15 is 0 Å². The molecule has 0 saturated carbocycles. The molecule has 1 aromatic rings. The Morgan fingerprint density at radius 2 is 2.00 bits per heavy atom. The molecule has 0 fully saturated rings. The second-order valence-electron chi connectivity index (χ2n) is 5.01. The molecule has 1 heterocycles. The highest BCUT2D eigenvalue weighted by atomic mass is 16.2. The number of hydrogen-bond acceptors (Lipinski definition) is 3. The molecule has 22 heavy (non-hydrogen) atoms. The first kappa shape index (κ1) is 15.6. The van der Waals surface area contributed by atoms with Crippen molar-refractivity contribution in [2.24, 2.45) is 0 Å². The van der Waals surface area contributed by atoms with E-state index in [0.717, 1.165) is 18.7 Å². The Kier molecular flexibility index (Phi) is 5.16. The monoisotopic (exact) mass is 293 g/mol. The zero-order chi connectivity index (χ0) is 15.9. The van der Waals surface area contributed by atoms with Crippen LogP contribution >= 0.6 is 0 Å². The maximum atomic E-state index is 12.5. The number of hydrogen-bond donors (Lipinski definition) is 0. The molecule has 4 nitrogen and oxygen atoms in total. The van der Waals surface area contributed by atoms with Gasteiger partial charge in [-0.25, -0.2) is 0 Å². The molecule has 0 N–H and O–H groups in total. The fraction of sp³-hybridized carbons (Fsp3) is 0.222. The molecule has 4 heteroatoms. The largest absolute Gasteiger partial charge is 0.346 e. The van der Waals surface area contributed by atoms with Crippen molar-refractivity contribution >= 4 is 11.6 Å². The van der Waals surface area contributed by atoms with Crippen molar-refractivity contribution in [2.75, 3.05) is 24.5 Å². The van der Waals surface area contributed by atoms with Crippen molar-refractivity contribution in [3.05, 3.63) is 66.9 Å². The van der Waals surface area contributed by atoms with E-state index in [1.807, 2.05) is 29.2 Å². The van der Waals surface area contributed by atoms with Gasteiger partial charge in [0.25, 0.3) is 5.91 Å². The molecule has 0 atom stereocenters. The molecule has 0 aromatic heterocycles. The average molecular weight is 293 g/mol. The summed E-state index contributed by atoms with van der Waals surface area (Å²) < 4.78 is 0. The normalized spacial score (nSPS) is 13.2. The third-order valence-corrected chi connectivity index (χ3v) is 3.55. The van der Waals surface area contributed by atoms with Gasteiger partial charge in [0.2, 0.25) is 0 Å². The molecule has 0 radical (unpaired) electrons. The highest BCUT2D eigenvalue weighted by Crippen LogP contribution is 2.28. The summed E-state index contributed by atoms with van der Waals surface area (Å²) in [5.41, 5.74) is 2.42. The zero-order valence-corrected chi connectivity index (χ0v) is 12.5. The lowest BCUT2D eigenvalue weighted by molar-refractivity contribution is -0.125. The molecule has 0 bridgehead atoms. The highest BCUT2D eigenvalue weighted by Gasteiger charge is 2.21. The van der Waals surface area contributed by atoms with Crippen molar-refractivity contribution in [2.45, 2.75) is 6.42 Å². The summed E-state index contributed by atoms with van der Waals surface area (Å²) in [5.74, 6) is -0.299. The summed E-state index contributed by atoms with van der Waals surface area (Å²) in [7, 11) is 0. The predicted molar refractivity (Wildman–Crippen MR) is 88.2 cm³/mol. The SMILES string of the molecule is C=CCN(CC=C)C(=O)/C(C#N)=C\N1CCc2ccccc21. The Balaban J connectivity index is 2.25. The van der Waals surface area contributed by atoms with E-state index in [0.29, 0.717) is 13.1 Å². The molecule has 0 spiro atoms. The Morgan fingerprint density at radius 1 is 1.32 bits per heavy atom. The molecule has 1 aliphatic heterocycles. The molecule has 0 aliphatic carbocycles. The van der Waals surface area contributed by atoms with Crippen LogP contribution in [0, 0.1) is 11.3 Å². The van der Waals surface area contributed by atoms with Crippen LogP contribution in [0.2, 0.25) is 0 Å². The smallest absolute Gasteiger partial charge is 0.266 e. The molecular weight excluding hydrogens is 274 g/mol. The van der Waals surface area contributed by atoms with Gasteiger partial charge in [-0.05, 0) is 18.1 Å². The van der Waals surface area contributed by atoms with Crippen LogP contribution in [-0.2, 0) is 11.2 Å². The minimum absolute atomic E-state index is 0.125. The quantitative estimate of drug-likeness (QED) is 0.460. The molecule has 1 aromatic carbocycles. The van der Waals surface area contributed by atoms with Crippen molar-refractivity contribution in [1.29, 1.82) is 5.26 Å². The summed E-state index contributed by atoms with van der Waals surface area (Å²) in [5, 5.41) is 9.35. The number of nitrogens with zero attached hydrogens (tertiary/aromatic N) is 3.